The number of nitrogens with zero attached hydrogens (tertiary/aromatic N) is 2. The van der Waals surface area contributed by atoms with Crippen molar-refractivity contribution in [2.45, 2.75) is 26.2 Å². The lowest BCUT2D eigenvalue weighted by Crippen LogP contribution is -2.35. The molecule has 4 aromatic rings. The molecule has 0 spiro atoms. The summed E-state index contributed by atoms with van der Waals surface area (Å²) in [5, 5.41) is 1.25. The molecule has 1 fully saturated rings. The van der Waals surface area contributed by atoms with E-state index in [1.165, 1.54) is 47.0 Å². The van der Waals surface area contributed by atoms with E-state index in [0.717, 1.165) is 30.6 Å². The van der Waals surface area contributed by atoms with Crippen molar-refractivity contribution in [3.8, 4) is 11.3 Å². The second kappa shape index (κ2) is 7.19. The van der Waals surface area contributed by atoms with Crippen LogP contribution >= 0.6 is 0 Å². The first-order chi connectivity index (χ1) is 13.8. The lowest BCUT2D eigenvalue weighted by Gasteiger charge is -2.31. The monoisotopic (exact) mass is 370 g/mol. The maximum Gasteiger partial charge on any atom is 0.203 e. The molecule has 0 aliphatic carbocycles. The summed E-state index contributed by atoms with van der Waals surface area (Å²) in [5.74, 6) is 1.77. The van der Waals surface area contributed by atoms with Gasteiger partial charge in [-0.2, -0.15) is 0 Å². The third kappa shape index (κ3) is 3.19. The van der Waals surface area contributed by atoms with Crippen LogP contribution in [0, 0.1) is 12.8 Å². The van der Waals surface area contributed by atoms with E-state index in [2.05, 4.69) is 76.4 Å². The van der Waals surface area contributed by atoms with Crippen molar-refractivity contribution < 1.29 is 0 Å². The summed E-state index contributed by atoms with van der Waals surface area (Å²) in [6.45, 7) is 4.26. The SMILES string of the molecule is Cc1[nH]c2ccccc2c1-c1cnc(N2CCC(Cc3ccccc3)CC2)[nH]1. The number of aryl methyl sites for hydroxylation is 1. The Morgan fingerprint density at radius 1 is 0.964 bits per heavy atom. The number of rotatable bonds is 4. The number of imidazole rings is 1. The van der Waals surface area contributed by atoms with Crippen LogP contribution in [-0.2, 0) is 6.42 Å². The minimum absolute atomic E-state index is 0.768. The molecule has 28 heavy (non-hydrogen) atoms. The van der Waals surface area contributed by atoms with Crippen LogP contribution < -0.4 is 4.90 Å². The number of H-pyrrole nitrogens is 2. The van der Waals surface area contributed by atoms with E-state index in [-0.39, 0.29) is 0 Å². The van der Waals surface area contributed by atoms with Gasteiger partial charge in [0, 0.05) is 35.2 Å². The molecule has 2 aromatic carbocycles. The van der Waals surface area contributed by atoms with Gasteiger partial charge in [-0.1, -0.05) is 48.5 Å². The smallest absolute Gasteiger partial charge is 0.203 e. The summed E-state index contributed by atoms with van der Waals surface area (Å²) in [5.41, 5.74) is 6.13. The van der Waals surface area contributed by atoms with Crippen molar-refractivity contribution in [2.75, 3.05) is 18.0 Å². The zero-order valence-electron chi connectivity index (χ0n) is 16.3. The first-order valence-electron chi connectivity index (χ1n) is 10.2. The van der Waals surface area contributed by atoms with E-state index in [1.807, 2.05) is 6.20 Å². The van der Waals surface area contributed by atoms with E-state index < -0.39 is 0 Å². The van der Waals surface area contributed by atoms with Gasteiger partial charge in [-0.25, -0.2) is 4.98 Å². The van der Waals surface area contributed by atoms with Crippen LogP contribution in [0.15, 0.2) is 60.8 Å². The Morgan fingerprint density at radius 2 is 1.71 bits per heavy atom. The summed E-state index contributed by atoms with van der Waals surface area (Å²) in [6, 6.07) is 19.3. The van der Waals surface area contributed by atoms with E-state index in [4.69, 9.17) is 4.98 Å². The predicted molar refractivity (Wildman–Crippen MR) is 116 cm³/mol. The summed E-state index contributed by atoms with van der Waals surface area (Å²) in [7, 11) is 0. The highest BCUT2D eigenvalue weighted by Crippen LogP contribution is 2.32. The number of piperidine rings is 1. The Bertz CT molecular complexity index is 1070. The fourth-order valence-corrected chi connectivity index (χ4v) is 4.52. The van der Waals surface area contributed by atoms with Crippen molar-refractivity contribution in [1.29, 1.82) is 0 Å². The molecule has 0 unspecified atom stereocenters. The van der Waals surface area contributed by atoms with Crippen LogP contribution in [0.4, 0.5) is 5.95 Å². The van der Waals surface area contributed by atoms with Crippen LogP contribution in [0.2, 0.25) is 0 Å². The van der Waals surface area contributed by atoms with Crippen molar-refractivity contribution in [1.82, 2.24) is 15.0 Å². The number of aromatic nitrogens is 3. The van der Waals surface area contributed by atoms with Gasteiger partial charge in [0.15, 0.2) is 0 Å². The van der Waals surface area contributed by atoms with E-state index in [1.54, 1.807) is 0 Å². The van der Waals surface area contributed by atoms with Gasteiger partial charge >= 0.3 is 0 Å². The molecule has 2 N–H and O–H groups in total. The summed E-state index contributed by atoms with van der Waals surface area (Å²) in [6.07, 6.45) is 5.61. The summed E-state index contributed by atoms with van der Waals surface area (Å²) in [4.78, 5) is 14.2. The maximum atomic E-state index is 4.71. The molecular weight excluding hydrogens is 344 g/mol. The first kappa shape index (κ1) is 17.1. The largest absolute Gasteiger partial charge is 0.358 e. The molecule has 142 valence electrons. The molecule has 0 amide bonds. The van der Waals surface area contributed by atoms with Gasteiger partial charge in [0.05, 0.1) is 11.9 Å². The number of hydrogen-bond donors (Lipinski definition) is 2. The average molecular weight is 371 g/mol. The van der Waals surface area contributed by atoms with Crippen LogP contribution in [0.25, 0.3) is 22.2 Å². The Kier molecular flexibility index (Phi) is 4.40. The zero-order valence-corrected chi connectivity index (χ0v) is 16.3. The van der Waals surface area contributed by atoms with Crippen molar-refractivity contribution in [3.05, 3.63) is 72.1 Å². The highest BCUT2D eigenvalue weighted by atomic mass is 15.3. The molecule has 1 aliphatic heterocycles. The minimum atomic E-state index is 0.768. The number of fused-ring (bicyclic) bond motifs is 1. The lowest BCUT2D eigenvalue weighted by molar-refractivity contribution is 0.401. The van der Waals surface area contributed by atoms with Crippen molar-refractivity contribution in [2.24, 2.45) is 5.92 Å². The molecule has 1 saturated heterocycles. The van der Waals surface area contributed by atoms with Gasteiger partial charge in [-0.05, 0) is 43.7 Å². The summed E-state index contributed by atoms with van der Waals surface area (Å²) >= 11 is 0. The number of aromatic amines is 2. The lowest BCUT2D eigenvalue weighted by atomic mass is 9.90. The molecule has 4 nitrogen and oxygen atoms in total. The molecular formula is C24H26N4. The molecule has 0 radical (unpaired) electrons. The maximum absolute atomic E-state index is 4.71. The number of nitrogens with one attached hydrogen (secondary N) is 2. The minimum Gasteiger partial charge on any atom is -0.358 e. The van der Waals surface area contributed by atoms with Crippen LogP contribution in [0.5, 0.6) is 0 Å². The van der Waals surface area contributed by atoms with Crippen LogP contribution in [-0.4, -0.2) is 28.0 Å². The molecule has 4 heteroatoms. The molecule has 1 aliphatic rings. The van der Waals surface area contributed by atoms with Crippen molar-refractivity contribution in [3.63, 3.8) is 0 Å². The Labute approximate surface area is 165 Å². The third-order valence-corrected chi connectivity index (χ3v) is 6.01. The molecule has 3 heterocycles. The number of para-hydroxylation sites is 1. The Morgan fingerprint density at radius 3 is 2.54 bits per heavy atom. The first-order valence-corrected chi connectivity index (χ1v) is 10.2. The second-order valence-corrected chi connectivity index (χ2v) is 7.91. The molecule has 0 bridgehead atoms. The van der Waals surface area contributed by atoms with Crippen LogP contribution in [0.1, 0.15) is 24.1 Å². The molecule has 0 atom stereocenters. The average Bonchev–Trinajstić information content (AvgIpc) is 3.33. The van der Waals surface area contributed by atoms with Gasteiger partial charge in [-0.3, -0.25) is 0 Å². The van der Waals surface area contributed by atoms with E-state index in [0.29, 0.717) is 0 Å². The van der Waals surface area contributed by atoms with Gasteiger partial charge in [0.25, 0.3) is 0 Å². The molecule has 2 aromatic heterocycles. The normalized spacial score (nSPS) is 15.4. The van der Waals surface area contributed by atoms with E-state index >= 15 is 0 Å². The zero-order chi connectivity index (χ0) is 18.9. The molecule has 0 saturated carbocycles. The molecule has 5 rings (SSSR count). The quantitative estimate of drug-likeness (QED) is 0.510. The Hall–Kier alpha value is -3.01. The fraction of sp³-hybridized carbons (Fsp3) is 0.292. The second-order valence-electron chi connectivity index (χ2n) is 7.91. The number of hydrogen-bond acceptors (Lipinski definition) is 2. The summed E-state index contributed by atoms with van der Waals surface area (Å²) < 4.78 is 0. The third-order valence-electron chi connectivity index (χ3n) is 6.01. The van der Waals surface area contributed by atoms with Gasteiger partial charge in [0.1, 0.15) is 0 Å². The van der Waals surface area contributed by atoms with Gasteiger partial charge < -0.3 is 14.9 Å². The highest BCUT2D eigenvalue weighted by Gasteiger charge is 2.22. The number of benzene rings is 2. The van der Waals surface area contributed by atoms with Gasteiger partial charge in [0.2, 0.25) is 5.95 Å². The van der Waals surface area contributed by atoms with E-state index in [9.17, 15) is 0 Å². The Balaban J connectivity index is 1.30. The fourth-order valence-electron chi connectivity index (χ4n) is 4.52. The number of anilines is 1. The topological polar surface area (TPSA) is 47.7 Å². The van der Waals surface area contributed by atoms with Gasteiger partial charge in [-0.15, -0.1) is 0 Å². The van der Waals surface area contributed by atoms with Crippen LogP contribution in [0.3, 0.4) is 0 Å². The predicted octanol–water partition coefficient (Wildman–Crippen LogP) is 5.33. The van der Waals surface area contributed by atoms with Crippen molar-refractivity contribution >= 4 is 16.9 Å². The highest BCUT2D eigenvalue weighted by molar-refractivity contribution is 5.96. The standard InChI is InChI=1S/C24H26N4/c1-17-23(20-9-5-6-10-21(20)26-17)22-16-25-24(27-22)28-13-11-19(12-14-28)15-18-7-3-2-4-8-18/h2-10,16,19,26H,11-15H2,1H3,(H,25,27).